The molecule has 4 bridgehead atoms. The van der Waals surface area contributed by atoms with E-state index in [4.69, 9.17) is 5.73 Å². The van der Waals surface area contributed by atoms with E-state index in [9.17, 15) is 0 Å². The summed E-state index contributed by atoms with van der Waals surface area (Å²) in [4.78, 5) is 0. The van der Waals surface area contributed by atoms with Crippen molar-refractivity contribution in [3.8, 4) is 0 Å². The molecule has 84 valence electrons. The predicted molar refractivity (Wildman–Crippen MR) is 63.3 cm³/mol. The maximum absolute atomic E-state index is 6.34. The SMILES string of the molecule is C=CCC(N)C1C2CC3CC(C2)CC1C3. The van der Waals surface area contributed by atoms with Crippen LogP contribution < -0.4 is 5.73 Å². The number of hydrogen-bond acceptors (Lipinski definition) is 1. The van der Waals surface area contributed by atoms with Crippen molar-refractivity contribution in [3.63, 3.8) is 0 Å². The lowest BCUT2D eigenvalue weighted by molar-refractivity contribution is -0.0461. The zero-order valence-corrected chi connectivity index (χ0v) is 9.57. The van der Waals surface area contributed by atoms with Crippen LogP contribution in [-0.4, -0.2) is 6.04 Å². The molecule has 0 amide bonds. The van der Waals surface area contributed by atoms with Gasteiger partial charge in [-0.1, -0.05) is 6.08 Å². The van der Waals surface area contributed by atoms with Gasteiger partial charge >= 0.3 is 0 Å². The maximum Gasteiger partial charge on any atom is 0.0107 e. The quantitative estimate of drug-likeness (QED) is 0.704. The molecule has 4 saturated carbocycles. The summed E-state index contributed by atoms with van der Waals surface area (Å²) in [5.41, 5.74) is 6.34. The summed E-state index contributed by atoms with van der Waals surface area (Å²) in [7, 11) is 0. The molecule has 0 aromatic heterocycles. The van der Waals surface area contributed by atoms with Crippen molar-refractivity contribution in [2.24, 2.45) is 35.3 Å². The molecule has 0 saturated heterocycles. The standard InChI is InChI=1S/C14H23N/c1-2-3-13(15)14-11-5-9-4-10(7-11)8-12(14)6-9/h2,9-14H,1,3-8,15H2. The molecule has 0 spiro atoms. The van der Waals surface area contributed by atoms with Crippen LogP contribution in [0.15, 0.2) is 12.7 Å². The Morgan fingerprint density at radius 2 is 1.60 bits per heavy atom. The monoisotopic (exact) mass is 205 g/mol. The Balaban J connectivity index is 1.76. The molecule has 1 nitrogen and oxygen atoms in total. The number of nitrogens with two attached hydrogens (primary N) is 1. The molecule has 4 aliphatic rings. The highest BCUT2D eigenvalue weighted by Gasteiger charge is 2.49. The van der Waals surface area contributed by atoms with Crippen LogP contribution in [0.5, 0.6) is 0 Å². The topological polar surface area (TPSA) is 26.0 Å². The number of rotatable bonds is 3. The molecule has 1 heteroatoms. The second kappa shape index (κ2) is 3.62. The van der Waals surface area contributed by atoms with Crippen LogP contribution in [0, 0.1) is 29.6 Å². The fourth-order valence-electron chi connectivity index (χ4n) is 5.02. The van der Waals surface area contributed by atoms with Gasteiger partial charge < -0.3 is 5.73 Å². The summed E-state index contributed by atoms with van der Waals surface area (Å²) >= 11 is 0. The van der Waals surface area contributed by atoms with Crippen molar-refractivity contribution in [3.05, 3.63) is 12.7 Å². The highest BCUT2D eigenvalue weighted by atomic mass is 14.7. The fourth-order valence-corrected chi connectivity index (χ4v) is 5.02. The lowest BCUT2D eigenvalue weighted by atomic mass is 9.50. The second-order valence-electron chi connectivity index (χ2n) is 6.20. The Morgan fingerprint density at radius 1 is 1.07 bits per heavy atom. The van der Waals surface area contributed by atoms with E-state index in [0.29, 0.717) is 6.04 Å². The highest BCUT2D eigenvalue weighted by molar-refractivity contribution is 5.01. The summed E-state index contributed by atoms with van der Waals surface area (Å²) < 4.78 is 0. The van der Waals surface area contributed by atoms with Crippen molar-refractivity contribution < 1.29 is 0 Å². The first-order valence-electron chi connectivity index (χ1n) is 6.64. The Hall–Kier alpha value is -0.300. The van der Waals surface area contributed by atoms with Crippen molar-refractivity contribution >= 4 is 0 Å². The first kappa shape index (κ1) is 9.89. The second-order valence-corrected chi connectivity index (χ2v) is 6.20. The van der Waals surface area contributed by atoms with Crippen LogP contribution in [0.1, 0.15) is 38.5 Å². The molecule has 0 aliphatic heterocycles. The third-order valence-corrected chi connectivity index (χ3v) is 5.23. The largest absolute Gasteiger partial charge is 0.327 e. The van der Waals surface area contributed by atoms with Crippen LogP contribution in [0.2, 0.25) is 0 Å². The molecule has 2 N–H and O–H groups in total. The molecule has 0 heterocycles. The van der Waals surface area contributed by atoms with Gasteiger partial charge in [0.05, 0.1) is 0 Å². The van der Waals surface area contributed by atoms with Gasteiger partial charge in [-0.25, -0.2) is 0 Å². The van der Waals surface area contributed by atoms with Gasteiger partial charge in [-0.15, -0.1) is 6.58 Å². The minimum absolute atomic E-state index is 0.400. The molecule has 0 aromatic carbocycles. The van der Waals surface area contributed by atoms with E-state index >= 15 is 0 Å². The third-order valence-electron chi connectivity index (χ3n) is 5.23. The van der Waals surface area contributed by atoms with Crippen LogP contribution in [-0.2, 0) is 0 Å². The molecule has 4 rings (SSSR count). The van der Waals surface area contributed by atoms with Crippen molar-refractivity contribution in [1.29, 1.82) is 0 Å². The lowest BCUT2D eigenvalue weighted by Gasteiger charge is -2.56. The summed E-state index contributed by atoms with van der Waals surface area (Å²) in [5, 5.41) is 0. The summed E-state index contributed by atoms with van der Waals surface area (Å²) in [6, 6.07) is 0.400. The van der Waals surface area contributed by atoms with E-state index in [-0.39, 0.29) is 0 Å². The summed E-state index contributed by atoms with van der Waals surface area (Å²) in [5.74, 6) is 4.91. The van der Waals surface area contributed by atoms with Gasteiger partial charge in [0.2, 0.25) is 0 Å². The Kier molecular flexibility index (Phi) is 2.39. The van der Waals surface area contributed by atoms with Crippen LogP contribution in [0.4, 0.5) is 0 Å². The number of hydrogen-bond donors (Lipinski definition) is 1. The summed E-state index contributed by atoms with van der Waals surface area (Å²) in [6.45, 7) is 3.83. The molecule has 0 aromatic rings. The Bertz CT molecular complexity index is 230. The van der Waals surface area contributed by atoms with Crippen LogP contribution >= 0.6 is 0 Å². The van der Waals surface area contributed by atoms with E-state index in [2.05, 4.69) is 6.58 Å². The predicted octanol–water partition coefficient (Wildman–Crippen LogP) is 2.96. The first-order chi connectivity index (χ1) is 7.28. The van der Waals surface area contributed by atoms with Crippen LogP contribution in [0.3, 0.4) is 0 Å². The van der Waals surface area contributed by atoms with Crippen molar-refractivity contribution in [2.75, 3.05) is 0 Å². The van der Waals surface area contributed by atoms with Gasteiger partial charge in [0, 0.05) is 6.04 Å². The molecule has 1 atom stereocenters. The van der Waals surface area contributed by atoms with Crippen LogP contribution in [0.25, 0.3) is 0 Å². The Morgan fingerprint density at radius 3 is 2.07 bits per heavy atom. The molecule has 1 unspecified atom stereocenters. The highest BCUT2D eigenvalue weighted by Crippen LogP contribution is 2.57. The van der Waals surface area contributed by atoms with Gasteiger partial charge in [-0.05, 0) is 68.1 Å². The first-order valence-corrected chi connectivity index (χ1v) is 6.64. The zero-order chi connectivity index (χ0) is 10.4. The van der Waals surface area contributed by atoms with Crippen molar-refractivity contribution in [1.82, 2.24) is 0 Å². The van der Waals surface area contributed by atoms with Gasteiger partial charge in [-0.3, -0.25) is 0 Å². The fraction of sp³-hybridized carbons (Fsp3) is 0.857. The average molecular weight is 205 g/mol. The summed E-state index contributed by atoms with van der Waals surface area (Å²) in [6.07, 6.45) is 10.5. The minimum atomic E-state index is 0.400. The lowest BCUT2D eigenvalue weighted by Crippen LogP contribution is -2.51. The maximum atomic E-state index is 6.34. The minimum Gasteiger partial charge on any atom is -0.327 e. The average Bonchev–Trinajstić information content (AvgIpc) is 2.15. The Labute approximate surface area is 93.1 Å². The zero-order valence-electron chi connectivity index (χ0n) is 9.57. The van der Waals surface area contributed by atoms with Gasteiger partial charge in [0.25, 0.3) is 0 Å². The van der Waals surface area contributed by atoms with E-state index < -0.39 is 0 Å². The van der Waals surface area contributed by atoms with E-state index in [1.165, 1.54) is 32.1 Å². The van der Waals surface area contributed by atoms with Crippen molar-refractivity contribution in [2.45, 2.75) is 44.6 Å². The normalized spacial score (nSPS) is 49.3. The van der Waals surface area contributed by atoms with E-state index in [0.717, 1.165) is 36.0 Å². The molecular weight excluding hydrogens is 182 g/mol. The molecule has 0 radical (unpaired) electrons. The third kappa shape index (κ3) is 1.56. The van der Waals surface area contributed by atoms with E-state index in [1.807, 2.05) is 6.08 Å². The molecule has 4 fully saturated rings. The molecule has 15 heavy (non-hydrogen) atoms. The van der Waals surface area contributed by atoms with Gasteiger partial charge in [0.15, 0.2) is 0 Å². The van der Waals surface area contributed by atoms with Gasteiger partial charge in [0.1, 0.15) is 0 Å². The van der Waals surface area contributed by atoms with Gasteiger partial charge in [-0.2, -0.15) is 0 Å². The molecule has 4 aliphatic carbocycles. The van der Waals surface area contributed by atoms with E-state index in [1.54, 1.807) is 0 Å². The smallest absolute Gasteiger partial charge is 0.0107 e. The molecular formula is C14H23N.